The second kappa shape index (κ2) is 4.27. The topological polar surface area (TPSA) is 26.0 Å². The molecule has 0 heterocycles. The second-order valence-electron chi connectivity index (χ2n) is 6.35. The summed E-state index contributed by atoms with van der Waals surface area (Å²) < 4.78 is 27.0. The Balaban J connectivity index is 2.02. The van der Waals surface area contributed by atoms with Gasteiger partial charge >= 0.3 is 0 Å². The normalized spacial score (nSPS) is 26.9. The molecular weight excluding hydrogens is 244 g/mol. The van der Waals surface area contributed by atoms with Crippen LogP contribution in [0.5, 0.6) is 0 Å². The van der Waals surface area contributed by atoms with Gasteiger partial charge in [0.15, 0.2) is 0 Å². The molecule has 104 valence electrons. The number of rotatable bonds is 3. The summed E-state index contributed by atoms with van der Waals surface area (Å²) in [6, 6.07) is 10.2. The molecule has 3 rings (SSSR count). The Labute approximate surface area is 113 Å². The zero-order valence-electron chi connectivity index (χ0n) is 11.2. The summed E-state index contributed by atoms with van der Waals surface area (Å²) in [7, 11) is 0. The molecule has 3 heteroatoms. The molecule has 0 spiro atoms. The molecule has 0 unspecified atom stereocenters. The molecule has 2 fully saturated rings. The number of hydrogen-bond donors (Lipinski definition) is 1. The van der Waals surface area contributed by atoms with E-state index >= 15 is 0 Å². The average Bonchev–Trinajstić information content (AvgIpc) is 2.87. The fourth-order valence-electron chi connectivity index (χ4n) is 4.48. The van der Waals surface area contributed by atoms with E-state index in [1.54, 1.807) is 0 Å². The molecule has 0 aromatic heterocycles. The molecule has 2 saturated carbocycles. The Bertz CT molecular complexity index is 441. The summed E-state index contributed by atoms with van der Waals surface area (Å²) in [6.07, 6.45) is 4.19. The van der Waals surface area contributed by atoms with E-state index < -0.39 is 11.3 Å². The van der Waals surface area contributed by atoms with Gasteiger partial charge in [0.2, 0.25) is 5.92 Å². The highest BCUT2D eigenvalue weighted by atomic mass is 19.3. The van der Waals surface area contributed by atoms with Crippen LogP contribution >= 0.6 is 0 Å². The highest BCUT2D eigenvalue weighted by molar-refractivity contribution is 5.33. The highest BCUT2D eigenvalue weighted by Gasteiger charge is 2.65. The summed E-state index contributed by atoms with van der Waals surface area (Å²) in [5.74, 6) is -2.51. The van der Waals surface area contributed by atoms with E-state index in [0.717, 1.165) is 25.7 Å². The van der Waals surface area contributed by atoms with Crippen molar-refractivity contribution in [3.63, 3.8) is 0 Å². The molecule has 2 N–H and O–H groups in total. The predicted octanol–water partition coefficient (Wildman–Crippen LogP) is 3.87. The van der Waals surface area contributed by atoms with Crippen LogP contribution in [0.3, 0.4) is 0 Å². The molecule has 0 bridgehead atoms. The van der Waals surface area contributed by atoms with E-state index in [9.17, 15) is 8.78 Å². The third-order valence-corrected chi connectivity index (χ3v) is 5.38. The number of benzene rings is 1. The number of nitrogens with two attached hydrogens (primary N) is 1. The van der Waals surface area contributed by atoms with Crippen molar-refractivity contribution in [2.75, 3.05) is 6.54 Å². The van der Waals surface area contributed by atoms with Crippen LogP contribution in [-0.2, 0) is 5.41 Å². The monoisotopic (exact) mass is 265 g/mol. The van der Waals surface area contributed by atoms with Crippen LogP contribution in [0.25, 0.3) is 0 Å². The van der Waals surface area contributed by atoms with E-state index in [2.05, 4.69) is 12.1 Å². The van der Waals surface area contributed by atoms with E-state index in [0.29, 0.717) is 6.54 Å². The van der Waals surface area contributed by atoms with Crippen LogP contribution in [0.1, 0.15) is 44.1 Å². The van der Waals surface area contributed by atoms with Crippen molar-refractivity contribution in [3.8, 4) is 0 Å². The molecule has 1 aromatic rings. The average molecular weight is 265 g/mol. The minimum Gasteiger partial charge on any atom is -0.330 e. The molecule has 0 aliphatic heterocycles. The lowest BCUT2D eigenvalue weighted by Gasteiger charge is -2.58. The van der Waals surface area contributed by atoms with Gasteiger partial charge in [0.1, 0.15) is 0 Å². The van der Waals surface area contributed by atoms with Gasteiger partial charge in [-0.25, -0.2) is 8.78 Å². The fourth-order valence-corrected chi connectivity index (χ4v) is 4.48. The summed E-state index contributed by atoms with van der Waals surface area (Å²) in [4.78, 5) is 0. The molecule has 2 aliphatic rings. The minimum absolute atomic E-state index is 0.0363. The van der Waals surface area contributed by atoms with Crippen molar-refractivity contribution in [1.82, 2.24) is 0 Å². The first-order valence-corrected chi connectivity index (χ1v) is 7.17. The van der Waals surface area contributed by atoms with Gasteiger partial charge in [0.05, 0.1) is 0 Å². The molecule has 1 nitrogen and oxygen atoms in total. The van der Waals surface area contributed by atoms with Crippen molar-refractivity contribution < 1.29 is 8.78 Å². The molecule has 19 heavy (non-hydrogen) atoms. The molecule has 0 saturated heterocycles. The minimum atomic E-state index is -2.51. The number of halogens is 2. The number of alkyl halides is 2. The Kier molecular flexibility index (Phi) is 2.93. The first-order valence-electron chi connectivity index (χ1n) is 7.17. The highest BCUT2D eigenvalue weighted by Crippen LogP contribution is 2.65. The Hall–Kier alpha value is -0.960. The zero-order chi connectivity index (χ0) is 13.6. The lowest BCUT2D eigenvalue weighted by molar-refractivity contribution is -0.187. The van der Waals surface area contributed by atoms with Crippen LogP contribution in [0.4, 0.5) is 8.78 Å². The summed E-state index contributed by atoms with van der Waals surface area (Å²) >= 11 is 0. The standard InChI is InChI=1S/C16H21F2N/c17-16(18)10-14(11-16,12-19)15(8-4-5-9-15)13-6-2-1-3-7-13/h1-3,6-7H,4-5,8-12,19H2. The predicted molar refractivity (Wildman–Crippen MR) is 72.3 cm³/mol. The van der Waals surface area contributed by atoms with Crippen LogP contribution in [-0.4, -0.2) is 12.5 Å². The van der Waals surface area contributed by atoms with Crippen molar-refractivity contribution in [2.45, 2.75) is 49.9 Å². The van der Waals surface area contributed by atoms with E-state index in [4.69, 9.17) is 5.73 Å². The van der Waals surface area contributed by atoms with Gasteiger partial charge in [-0.1, -0.05) is 43.2 Å². The maximum atomic E-state index is 13.5. The maximum absolute atomic E-state index is 13.5. The van der Waals surface area contributed by atoms with Crippen molar-refractivity contribution in [2.24, 2.45) is 11.1 Å². The number of hydrogen-bond acceptors (Lipinski definition) is 1. The smallest absolute Gasteiger partial charge is 0.249 e. The summed E-state index contributed by atoms with van der Waals surface area (Å²) in [5.41, 5.74) is 6.66. The van der Waals surface area contributed by atoms with E-state index in [1.807, 2.05) is 18.2 Å². The SMILES string of the molecule is NCC1(C2(c3ccccc3)CCCC2)CC(F)(F)C1. The summed E-state index contributed by atoms with van der Waals surface area (Å²) in [6.45, 7) is 0.373. The van der Waals surface area contributed by atoms with Gasteiger partial charge in [0.25, 0.3) is 0 Å². The van der Waals surface area contributed by atoms with Crippen LogP contribution in [0.15, 0.2) is 30.3 Å². The van der Waals surface area contributed by atoms with Crippen LogP contribution in [0.2, 0.25) is 0 Å². The van der Waals surface area contributed by atoms with Crippen LogP contribution < -0.4 is 5.73 Å². The van der Waals surface area contributed by atoms with Gasteiger partial charge in [-0.15, -0.1) is 0 Å². The van der Waals surface area contributed by atoms with E-state index in [1.165, 1.54) is 5.56 Å². The van der Waals surface area contributed by atoms with Gasteiger partial charge in [-0.2, -0.15) is 0 Å². The summed E-state index contributed by atoms with van der Waals surface area (Å²) in [5, 5.41) is 0. The lowest BCUT2D eigenvalue weighted by atomic mass is 9.48. The zero-order valence-corrected chi connectivity index (χ0v) is 11.2. The molecular formula is C16H21F2N. The molecule has 0 amide bonds. The Morgan fingerprint density at radius 2 is 1.58 bits per heavy atom. The third kappa shape index (κ3) is 1.82. The quantitative estimate of drug-likeness (QED) is 0.882. The van der Waals surface area contributed by atoms with Gasteiger partial charge in [0, 0.05) is 23.7 Å². The molecule has 0 radical (unpaired) electrons. The van der Waals surface area contributed by atoms with Crippen molar-refractivity contribution >= 4 is 0 Å². The van der Waals surface area contributed by atoms with Gasteiger partial charge in [-0.3, -0.25) is 0 Å². The third-order valence-electron chi connectivity index (χ3n) is 5.38. The van der Waals surface area contributed by atoms with Crippen molar-refractivity contribution in [1.29, 1.82) is 0 Å². The Morgan fingerprint density at radius 3 is 2.05 bits per heavy atom. The lowest BCUT2D eigenvalue weighted by Crippen LogP contribution is -2.61. The molecule has 0 atom stereocenters. The second-order valence-corrected chi connectivity index (χ2v) is 6.35. The van der Waals surface area contributed by atoms with Gasteiger partial charge in [-0.05, 0) is 24.9 Å². The molecule has 1 aromatic carbocycles. The molecule has 2 aliphatic carbocycles. The largest absolute Gasteiger partial charge is 0.330 e. The van der Waals surface area contributed by atoms with Crippen molar-refractivity contribution in [3.05, 3.63) is 35.9 Å². The first-order chi connectivity index (χ1) is 9.04. The Morgan fingerprint density at radius 1 is 1.00 bits per heavy atom. The van der Waals surface area contributed by atoms with E-state index in [-0.39, 0.29) is 18.3 Å². The van der Waals surface area contributed by atoms with Gasteiger partial charge < -0.3 is 5.73 Å². The van der Waals surface area contributed by atoms with Crippen LogP contribution in [0, 0.1) is 5.41 Å². The first kappa shape index (κ1) is 13.0. The maximum Gasteiger partial charge on any atom is 0.249 e. The fraction of sp³-hybridized carbons (Fsp3) is 0.625.